The summed E-state index contributed by atoms with van der Waals surface area (Å²) < 4.78 is 4.80. The van der Waals surface area contributed by atoms with Crippen LogP contribution in [0.1, 0.15) is 72.1 Å². The second kappa shape index (κ2) is 8.00. The van der Waals surface area contributed by atoms with E-state index in [1.54, 1.807) is 0 Å². The minimum Gasteiger partial charge on any atom is -0.469 e. The van der Waals surface area contributed by atoms with Crippen LogP contribution < -0.4 is 5.32 Å². The van der Waals surface area contributed by atoms with Gasteiger partial charge in [-0.3, -0.25) is 19.2 Å². The molecule has 1 unspecified atom stereocenters. The number of ether oxygens (including phenoxy) is 1. The van der Waals surface area contributed by atoms with Gasteiger partial charge in [0.05, 0.1) is 7.11 Å². The molecular weight excluding hydrogens is 394 g/mol. The van der Waals surface area contributed by atoms with E-state index < -0.39 is 5.41 Å². The van der Waals surface area contributed by atoms with Crippen molar-refractivity contribution in [1.82, 2.24) is 5.32 Å². The first-order valence-electron chi connectivity index (χ1n) is 12.0. The number of esters is 1. The van der Waals surface area contributed by atoms with Crippen molar-refractivity contribution in [2.75, 3.05) is 13.7 Å². The van der Waals surface area contributed by atoms with Crippen molar-refractivity contribution in [1.29, 1.82) is 0 Å². The Morgan fingerprint density at radius 2 is 1.87 bits per heavy atom. The lowest BCUT2D eigenvalue weighted by molar-refractivity contribution is -0.163. The molecule has 31 heavy (non-hydrogen) atoms. The van der Waals surface area contributed by atoms with Crippen LogP contribution in [0.15, 0.2) is 0 Å². The second-order valence-electron chi connectivity index (χ2n) is 11.1. The molecule has 8 atom stereocenters. The van der Waals surface area contributed by atoms with Gasteiger partial charge in [-0.15, -0.1) is 0 Å². The van der Waals surface area contributed by atoms with Gasteiger partial charge >= 0.3 is 5.97 Å². The third kappa shape index (κ3) is 3.45. The number of amides is 1. The lowest BCUT2D eigenvalue weighted by Gasteiger charge is -2.57. The van der Waals surface area contributed by atoms with Crippen molar-refractivity contribution < 1.29 is 23.9 Å². The van der Waals surface area contributed by atoms with Crippen LogP contribution in [0, 0.1) is 46.3 Å². The topological polar surface area (TPSA) is 89.5 Å². The first-order valence-corrected chi connectivity index (χ1v) is 12.0. The molecule has 4 aliphatic rings. The summed E-state index contributed by atoms with van der Waals surface area (Å²) in [6.07, 6.45) is 5.07. The van der Waals surface area contributed by atoms with Gasteiger partial charge in [0, 0.05) is 43.6 Å². The minimum atomic E-state index is -0.492. The van der Waals surface area contributed by atoms with Crippen LogP contribution in [0.4, 0.5) is 0 Å². The van der Waals surface area contributed by atoms with Crippen LogP contribution in [0.5, 0.6) is 0 Å². The van der Waals surface area contributed by atoms with Crippen LogP contribution in [-0.2, 0) is 23.9 Å². The Morgan fingerprint density at radius 3 is 2.58 bits per heavy atom. The first kappa shape index (κ1) is 22.5. The lowest BCUT2D eigenvalue weighted by atomic mass is 9.45. The maximum absolute atomic E-state index is 13.7. The third-order valence-electron chi connectivity index (χ3n) is 9.94. The maximum Gasteiger partial charge on any atom is 0.305 e. The Hall–Kier alpha value is -1.72. The van der Waals surface area contributed by atoms with E-state index in [-0.39, 0.29) is 58.6 Å². The number of fused-ring (bicyclic) bond motifs is 5. The molecule has 0 aromatic heterocycles. The van der Waals surface area contributed by atoms with E-state index in [1.165, 1.54) is 7.11 Å². The lowest BCUT2D eigenvalue weighted by Crippen LogP contribution is -2.59. The van der Waals surface area contributed by atoms with Crippen LogP contribution in [0.25, 0.3) is 0 Å². The average Bonchev–Trinajstić information content (AvgIpc) is 3.00. The van der Waals surface area contributed by atoms with Crippen molar-refractivity contribution in [3.63, 3.8) is 0 Å². The monoisotopic (exact) mass is 431 g/mol. The highest BCUT2D eigenvalue weighted by molar-refractivity contribution is 5.92. The van der Waals surface area contributed by atoms with Crippen molar-refractivity contribution in [3.8, 4) is 0 Å². The Kier molecular flexibility index (Phi) is 5.80. The molecule has 4 rings (SSSR count). The van der Waals surface area contributed by atoms with E-state index >= 15 is 0 Å². The summed E-state index contributed by atoms with van der Waals surface area (Å²) >= 11 is 0. The van der Waals surface area contributed by atoms with E-state index in [0.717, 1.165) is 19.3 Å². The predicted molar refractivity (Wildman–Crippen MR) is 115 cm³/mol. The summed E-state index contributed by atoms with van der Waals surface area (Å²) in [4.78, 5) is 51.0. The van der Waals surface area contributed by atoms with Crippen LogP contribution in [-0.4, -0.2) is 37.1 Å². The molecule has 4 fully saturated rings. The van der Waals surface area contributed by atoms with Gasteiger partial charge in [-0.2, -0.15) is 0 Å². The molecule has 0 aromatic carbocycles. The highest BCUT2D eigenvalue weighted by atomic mass is 16.5. The molecular formula is C25H37NO5. The van der Waals surface area contributed by atoms with Crippen LogP contribution in [0.2, 0.25) is 0 Å². The Bertz CT molecular complexity index is 793. The van der Waals surface area contributed by atoms with Gasteiger partial charge in [0.2, 0.25) is 5.91 Å². The number of hydrogen-bond donors (Lipinski definition) is 1. The summed E-state index contributed by atoms with van der Waals surface area (Å²) in [5.74, 6) is 0.919. The zero-order valence-corrected chi connectivity index (χ0v) is 19.4. The quantitative estimate of drug-likeness (QED) is 0.690. The molecule has 1 aliphatic heterocycles. The molecule has 0 bridgehead atoms. The number of nitrogens with one attached hydrogen (secondary N) is 1. The Morgan fingerprint density at radius 1 is 1.13 bits per heavy atom. The summed E-state index contributed by atoms with van der Waals surface area (Å²) in [6.45, 7) is 7.10. The average molecular weight is 432 g/mol. The molecule has 3 aliphatic carbocycles. The van der Waals surface area contributed by atoms with Gasteiger partial charge in [0.1, 0.15) is 11.6 Å². The third-order valence-corrected chi connectivity index (χ3v) is 9.94. The molecule has 0 radical (unpaired) electrons. The van der Waals surface area contributed by atoms with Crippen LogP contribution in [0.3, 0.4) is 0 Å². The van der Waals surface area contributed by atoms with E-state index in [1.807, 2.05) is 0 Å². The molecule has 6 heteroatoms. The number of Topliss-reactive ketones (excluding diaryl/α,β-unsaturated/α-hetero) is 2. The number of methoxy groups -OCH3 is 1. The van der Waals surface area contributed by atoms with Gasteiger partial charge in [0.15, 0.2) is 0 Å². The first-order chi connectivity index (χ1) is 14.6. The summed E-state index contributed by atoms with van der Waals surface area (Å²) in [5.41, 5.74) is -0.641. The van der Waals surface area contributed by atoms with Crippen molar-refractivity contribution in [2.45, 2.75) is 72.1 Å². The maximum atomic E-state index is 13.7. The zero-order valence-electron chi connectivity index (χ0n) is 19.4. The minimum absolute atomic E-state index is 0.0345. The number of carbonyl (C=O) groups excluding carboxylic acids is 4. The van der Waals surface area contributed by atoms with Gasteiger partial charge in [-0.25, -0.2) is 0 Å². The second-order valence-corrected chi connectivity index (χ2v) is 11.1. The van der Waals surface area contributed by atoms with Crippen molar-refractivity contribution in [3.05, 3.63) is 0 Å². The van der Waals surface area contributed by atoms with Gasteiger partial charge in [-0.05, 0) is 60.7 Å². The van der Waals surface area contributed by atoms with E-state index in [0.29, 0.717) is 44.4 Å². The normalized spacial score (nSPS) is 43.2. The molecule has 6 nitrogen and oxygen atoms in total. The van der Waals surface area contributed by atoms with E-state index in [4.69, 9.17) is 4.74 Å². The molecule has 1 saturated heterocycles. The molecule has 0 aromatic rings. The highest BCUT2D eigenvalue weighted by Gasteiger charge is 2.65. The molecule has 1 N–H and O–H groups in total. The smallest absolute Gasteiger partial charge is 0.305 e. The Balaban J connectivity index is 1.61. The van der Waals surface area contributed by atoms with Gasteiger partial charge < -0.3 is 10.1 Å². The molecule has 0 spiro atoms. The highest BCUT2D eigenvalue weighted by Crippen LogP contribution is 2.65. The zero-order chi connectivity index (χ0) is 22.6. The predicted octanol–water partition coefficient (Wildman–Crippen LogP) is 3.32. The van der Waals surface area contributed by atoms with Crippen molar-refractivity contribution >= 4 is 23.4 Å². The number of carbonyl (C=O) groups is 4. The fourth-order valence-corrected chi connectivity index (χ4v) is 8.02. The molecule has 1 heterocycles. The van der Waals surface area contributed by atoms with Gasteiger partial charge in [0.25, 0.3) is 0 Å². The van der Waals surface area contributed by atoms with E-state index in [9.17, 15) is 19.2 Å². The number of rotatable bonds is 4. The Labute approximate surface area is 185 Å². The number of ketones is 2. The SMILES string of the molecule is COC(=O)CC[C@@H](C)[C@H]1CC[C@H]2[C@@H]3C(=O)CC4CC(=O)NCC[C@]4(C)[C@H]3CC(=O)[C@]12C. The largest absolute Gasteiger partial charge is 0.469 e. The van der Waals surface area contributed by atoms with Crippen LogP contribution >= 0.6 is 0 Å². The van der Waals surface area contributed by atoms with Gasteiger partial charge in [-0.1, -0.05) is 20.8 Å². The van der Waals surface area contributed by atoms with Crippen molar-refractivity contribution in [2.24, 2.45) is 46.3 Å². The summed E-state index contributed by atoms with van der Waals surface area (Å²) in [5, 5.41) is 2.98. The standard InChI is InChI=1S/C25H37NO5/c1-14(5-8-22(30)31-4)16-6-7-17-23-18(13-20(28)25(16,17)3)24(2)9-10-26-21(29)12-15(24)11-19(23)27/h14-18,23H,5-13H2,1-4H3,(H,26,29)/t14-,15?,16-,17+,18+,23+,24+,25-/m1/s1. The summed E-state index contributed by atoms with van der Waals surface area (Å²) in [6, 6.07) is 0. The van der Waals surface area contributed by atoms with E-state index in [2.05, 4.69) is 26.1 Å². The molecule has 3 saturated carbocycles. The number of hydrogen-bond acceptors (Lipinski definition) is 5. The summed E-state index contributed by atoms with van der Waals surface area (Å²) in [7, 11) is 1.41. The molecule has 172 valence electrons. The molecule has 1 amide bonds. The fourth-order valence-electron chi connectivity index (χ4n) is 8.02. The fraction of sp³-hybridized carbons (Fsp3) is 0.840.